The van der Waals surface area contributed by atoms with Gasteiger partial charge in [-0.2, -0.15) is 0 Å². The molecule has 0 N–H and O–H groups in total. The Morgan fingerprint density at radius 3 is 2.57 bits per heavy atom. The van der Waals surface area contributed by atoms with E-state index in [-0.39, 0.29) is 0 Å². The zero-order valence-electron chi connectivity index (χ0n) is 13.3. The maximum atomic E-state index is 2.41. The predicted octanol–water partition coefficient (Wildman–Crippen LogP) is 6.13. The molecule has 1 aliphatic carbocycles. The van der Waals surface area contributed by atoms with Gasteiger partial charge >= 0.3 is 0 Å². The van der Waals surface area contributed by atoms with Gasteiger partial charge in [-0.25, -0.2) is 0 Å². The quantitative estimate of drug-likeness (QED) is 0.630. The summed E-state index contributed by atoms with van der Waals surface area (Å²) in [5, 5.41) is 0. The smallest absolute Gasteiger partial charge is 0.0101 e. The molecular weight excluding hydrogens is 252 g/mol. The molecule has 0 bridgehead atoms. The van der Waals surface area contributed by atoms with E-state index in [1.54, 1.807) is 0 Å². The lowest BCUT2D eigenvalue weighted by atomic mass is 9.85. The van der Waals surface area contributed by atoms with Gasteiger partial charge in [-0.15, -0.1) is 0 Å². The molecular formula is C21H24. The molecule has 0 heteroatoms. The van der Waals surface area contributed by atoms with E-state index in [1.807, 2.05) is 0 Å². The van der Waals surface area contributed by atoms with E-state index in [0.717, 1.165) is 0 Å². The Morgan fingerprint density at radius 2 is 1.76 bits per heavy atom. The summed E-state index contributed by atoms with van der Waals surface area (Å²) in [6.45, 7) is 6.75. The Morgan fingerprint density at radius 1 is 0.952 bits per heavy atom. The van der Waals surface area contributed by atoms with Gasteiger partial charge in [0, 0.05) is 5.92 Å². The largest absolute Gasteiger partial charge is 0.0654 e. The topological polar surface area (TPSA) is 0 Å². The van der Waals surface area contributed by atoms with E-state index in [2.05, 4.69) is 69.3 Å². The zero-order valence-corrected chi connectivity index (χ0v) is 13.3. The average Bonchev–Trinajstić information content (AvgIpc) is 2.86. The molecule has 0 fully saturated rings. The van der Waals surface area contributed by atoms with Crippen LogP contribution in [0.1, 0.15) is 59.9 Å². The Balaban J connectivity index is 2.06. The number of hydrogen-bond acceptors (Lipinski definition) is 0. The van der Waals surface area contributed by atoms with Crippen molar-refractivity contribution in [3.05, 3.63) is 70.3 Å². The van der Waals surface area contributed by atoms with Crippen LogP contribution in [-0.2, 0) is 0 Å². The van der Waals surface area contributed by atoms with Crippen molar-refractivity contribution in [2.75, 3.05) is 0 Å². The van der Waals surface area contributed by atoms with Crippen LogP contribution in [0.4, 0.5) is 0 Å². The molecule has 0 nitrogen and oxygen atoms in total. The lowest BCUT2D eigenvalue weighted by molar-refractivity contribution is 0.678. The highest BCUT2D eigenvalue weighted by molar-refractivity contribution is 5.92. The van der Waals surface area contributed by atoms with Crippen LogP contribution in [0.2, 0.25) is 0 Å². The zero-order chi connectivity index (χ0) is 14.8. The first kappa shape index (κ1) is 14.1. The summed E-state index contributed by atoms with van der Waals surface area (Å²) in [5.74, 6) is 0.571. The normalized spacial score (nSPS) is 16.7. The third-order valence-electron chi connectivity index (χ3n) is 4.82. The molecule has 0 heterocycles. The van der Waals surface area contributed by atoms with Crippen LogP contribution >= 0.6 is 0 Å². The molecule has 0 saturated carbocycles. The lowest BCUT2D eigenvalue weighted by Gasteiger charge is -2.19. The number of unbranched alkanes of at least 4 members (excludes halogenated alkanes) is 1. The minimum absolute atomic E-state index is 0.571. The average molecular weight is 276 g/mol. The lowest BCUT2D eigenvalue weighted by Crippen LogP contribution is -2.01. The fraction of sp³-hybridized carbons (Fsp3) is 0.333. The van der Waals surface area contributed by atoms with Gasteiger partial charge in [0.15, 0.2) is 0 Å². The van der Waals surface area contributed by atoms with Crippen LogP contribution in [0.15, 0.2) is 42.5 Å². The third kappa shape index (κ3) is 2.55. The van der Waals surface area contributed by atoms with Crippen LogP contribution in [-0.4, -0.2) is 0 Å². The van der Waals surface area contributed by atoms with Crippen LogP contribution in [0.3, 0.4) is 0 Å². The van der Waals surface area contributed by atoms with Gasteiger partial charge in [0.1, 0.15) is 0 Å². The monoisotopic (exact) mass is 276 g/mol. The van der Waals surface area contributed by atoms with Crippen molar-refractivity contribution in [1.82, 2.24) is 0 Å². The van der Waals surface area contributed by atoms with Gasteiger partial charge in [-0.05, 0) is 53.7 Å². The van der Waals surface area contributed by atoms with E-state index < -0.39 is 0 Å². The first-order valence-electron chi connectivity index (χ1n) is 8.09. The van der Waals surface area contributed by atoms with Gasteiger partial charge in [0.05, 0.1) is 0 Å². The highest BCUT2D eigenvalue weighted by Gasteiger charge is 2.26. The van der Waals surface area contributed by atoms with Crippen LogP contribution < -0.4 is 0 Å². The molecule has 0 amide bonds. The van der Waals surface area contributed by atoms with E-state index in [0.29, 0.717) is 5.92 Å². The maximum Gasteiger partial charge on any atom is 0.0101 e. The Hall–Kier alpha value is -1.82. The maximum absolute atomic E-state index is 2.41. The summed E-state index contributed by atoms with van der Waals surface area (Å²) in [5.41, 5.74) is 8.70. The molecule has 0 spiro atoms. The van der Waals surface area contributed by atoms with E-state index in [4.69, 9.17) is 0 Å². The number of allylic oxidation sites excluding steroid dienone is 1. The summed E-state index contributed by atoms with van der Waals surface area (Å²) in [6.07, 6.45) is 6.23. The Labute approximate surface area is 128 Å². The Bertz CT molecular complexity index is 676. The van der Waals surface area contributed by atoms with Crippen molar-refractivity contribution in [3.63, 3.8) is 0 Å². The van der Waals surface area contributed by atoms with Crippen molar-refractivity contribution in [2.24, 2.45) is 0 Å². The molecule has 0 saturated heterocycles. The van der Waals surface area contributed by atoms with Crippen LogP contribution in [0.5, 0.6) is 0 Å². The van der Waals surface area contributed by atoms with Crippen LogP contribution in [0, 0.1) is 13.8 Å². The number of aryl methyl sites for hydroxylation is 1. The molecule has 0 radical (unpaired) electrons. The molecule has 108 valence electrons. The van der Waals surface area contributed by atoms with Gasteiger partial charge in [-0.3, -0.25) is 0 Å². The van der Waals surface area contributed by atoms with E-state index in [9.17, 15) is 0 Å². The molecule has 2 aromatic carbocycles. The fourth-order valence-electron chi connectivity index (χ4n) is 3.44. The third-order valence-corrected chi connectivity index (χ3v) is 4.82. The van der Waals surface area contributed by atoms with Crippen molar-refractivity contribution < 1.29 is 0 Å². The molecule has 2 aromatic rings. The highest BCUT2D eigenvalue weighted by Crippen LogP contribution is 2.45. The second kappa shape index (κ2) is 5.89. The summed E-state index contributed by atoms with van der Waals surface area (Å²) < 4.78 is 0. The molecule has 1 unspecified atom stereocenters. The predicted molar refractivity (Wildman–Crippen MR) is 92.5 cm³/mol. The molecule has 0 aliphatic heterocycles. The van der Waals surface area contributed by atoms with Crippen molar-refractivity contribution in [1.29, 1.82) is 0 Å². The number of rotatable bonds is 4. The Kier molecular flexibility index (Phi) is 3.96. The second-order valence-electron chi connectivity index (χ2n) is 6.17. The molecule has 3 rings (SSSR count). The van der Waals surface area contributed by atoms with Crippen molar-refractivity contribution in [2.45, 2.75) is 46.0 Å². The summed E-state index contributed by atoms with van der Waals surface area (Å²) in [4.78, 5) is 0. The molecule has 0 aromatic heterocycles. The van der Waals surface area contributed by atoms with Gasteiger partial charge < -0.3 is 0 Å². The summed E-state index contributed by atoms with van der Waals surface area (Å²) in [6, 6.07) is 15.6. The molecule has 21 heavy (non-hydrogen) atoms. The minimum Gasteiger partial charge on any atom is -0.0654 e. The standard InChI is InChI=1S/C21H24/c1-4-5-11-20-19-12-7-6-10-17(19)14-21(20)18-13-8-9-15(2)16(18)3/h6-10,12-14,20H,4-5,11H2,1-3H3. The highest BCUT2D eigenvalue weighted by atomic mass is 14.3. The van der Waals surface area contributed by atoms with Gasteiger partial charge in [0.25, 0.3) is 0 Å². The van der Waals surface area contributed by atoms with E-state index >= 15 is 0 Å². The molecule has 1 atom stereocenters. The fourth-order valence-corrected chi connectivity index (χ4v) is 3.44. The summed E-state index contributed by atoms with van der Waals surface area (Å²) in [7, 11) is 0. The SMILES string of the molecule is CCCCC1C(c2cccc(C)c2C)=Cc2ccccc21. The number of hydrogen-bond donors (Lipinski definition) is 0. The number of benzene rings is 2. The van der Waals surface area contributed by atoms with Gasteiger partial charge in [0.2, 0.25) is 0 Å². The van der Waals surface area contributed by atoms with Crippen molar-refractivity contribution >= 4 is 11.6 Å². The first-order chi connectivity index (χ1) is 10.2. The minimum atomic E-state index is 0.571. The number of fused-ring (bicyclic) bond motifs is 1. The van der Waals surface area contributed by atoms with Crippen molar-refractivity contribution in [3.8, 4) is 0 Å². The van der Waals surface area contributed by atoms with Gasteiger partial charge in [-0.1, -0.05) is 68.3 Å². The first-order valence-corrected chi connectivity index (χ1v) is 8.09. The molecule has 1 aliphatic rings. The van der Waals surface area contributed by atoms with E-state index in [1.165, 1.54) is 52.7 Å². The second-order valence-corrected chi connectivity index (χ2v) is 6.17. The van der Waals surface area contributed by atoms with Crippen LogP contribution in [0.25, 0.3) is 11.6 Å². The summed E-state index contributed by atoms with van der Waals surface area (Å²) >= 11 is 0.